The summed E-state index contributed by atoms with van der Waals surface area (Å²) in [6.45, 7) is 0. The van der Waals surface area contributed by atoms with E-state index in [0.717, 1.165) is 11.3 Å². The molecule has 0 saturated carbocycles. The van der Waals surface area contributed by atoms with Crippen molar-refractivity contribution in [1.82, 2.24) is 0 Å². The van der Waals surface area contributed by atoms with E-state index in [2.05, 4.69) is 12.1 Å². The molecule has 0 aliphatic heterocycles. The van der Waals surface area contributed by atoms with Crippen LogP contribution in [0.25, 0.3) is 11.1 Å². The second kappa shape index (κ2) is 6.27. The van der Waals surface area contributed by atoms with Gasteiger partial charge in [0.2, 0.25) is 0 Å². The molecule has 3 aromatic carbocycles. The average Bonchev–Trinajstić information content (AvgIpc) is 2.62. The van der Waals surface area contributed by atoms with Crippen LogP contribution in [0, 0.1) is 0 Å². The van der Waals surface area contributed by atoms with Crippen molar-refractivity contribution in [3.63, 3.8) is 0 Å². The Kier molecular flexibility index (Phi) is 4.01. The van der Waals surface area contributed by atoms with Gasteiger partial charge in [-0.05, 0) is 35.4 Å². The van der Waals surface area contributed by atoms with Crippen LogP contribution in [0.15, 0.2) is 84.9 Å². The van der Waals surface area contributed by atoms with E-state index >= 15 is 0 Å². The van der Waals surface area contributed by atoms with Crippen molar-refractivity contribution in [3.05, 3.63) is 90.5 Å². The molecule has 3 aromatic rings. The fourth-order valence-corrected chi connectivity index (χ4v) is 2.40. The Morgan fingerprint density at radius 3 is 1.77 bits per heavy atom. The number of hydrogen-bond acceptors (Lipinski definition) is 1. The summed E-state index contributed by atoms with van der Waals surface area (Å²) in [6, 6.07) is 27.6. The Hall–Kier alpha value is -2.87. The summed E-state index contributed by atoms with van der Waals surface area (Å²) < 4.78 is 0. The highest BCUT2D eigenvalue weighted by Gasteiger charge is 2.12. The summed E-state index contributed by atoms with van der Waals surface area (Å²) in [5.74, 6) is -0.00642. The molecule has 108 valence electrons. The molecule has 0 unspecified atom stereocenters. The smallest absolute Gasteiger partial charge is 0.258 e. The third kappa shape index (κ3) is 2.91. The molecule has 2 nitrogen and oxygen atoms in total. The number of carbonyl (C=O) groups is 1. The Morgan fingerprint density at radius 1 is 0.682 bits per heavy atom. The van der Waals surface area contributed by atoms with Gasteiger partial charge in [0.05, 0.1) is 0 Å². The topological polar surface area (TPSA) is 20.3 Å². The maximum Gasteiger partial charge on any atom is 0.258 e. The van der Waals surface area contributed by atoms with Gasteiger partial charge in [-0.2, -0.15) is 0 Å². The molecule has 0 aliphatic carbocycles. The molecule has 0 saturated heterocycles. The first kappa shape index (κ1) is 14.1. The Labute approximate surface area is 130 Å². The van der Waals surface area contributed by atoms with Crippen molar-refractivity contribution < 1.29 is 4.79 Å². The average molecular weight is 287 g/mol. The summed E-state index contributed by atoms with van der Waals surface area (Å²) >= 11 is 0. The lowest BCUT2D eigenvalue weighted by atomic mass is 10.1. The lowest BCUT2D eigenvalue weighted by molar-refractivity contribution is 0.0993. The van der Waals surface area contributed by atoms with Crippen LogP contribution in [0.1, 0.15) is 10.4 Å². The van der Waals surface area contributed by atoms with Crippen LogP contribution in [0.5, 0.6) is 0 Å². The van der Waals surface area contributed by atoms with E-state index in [0.29, 0.717) is 5.56 Å². The number of nitrogens with zero attached hydrogens (tertiary/aromatic N) is 1. The van der Waals surface area contributed by atoms with Crippen LogP contribution >= 0.6 is 0 Å². The van der Waals surface area contributed by atoms with Crippen molar-refractivity contribution in [3.8, 4) is 11.1 Å². The van der Waals surface area contributed by atoms with E-state index in [1.165, 1.54) is 5.56 Å². The minimum atomic E-state index is -0.00642. The molecule has 0 atom stereocenters. The maximum absolute atomic E-state index is 12.4. The summed E-state index contributed by atoms with van der Waals surface area (Å²) in [4.78, 5) is 14.1. The molecule has 0 N–H and O–H groups in total. The van der Waals surface area contributed by atoms with Gasteiger partial charge in [0, 0.05) is 18.3 Å². The zero-order valence-corrected chi connectivity index (χ0v) is 12.4. The normalized spacial score (nSPS) is 10.2. The first-order chi connectivity index (χ1) is 10.8. The molecule has 0 radical (unpaired) electrons. The van der Waals surface area contributed by atoms with E-state index in [1.807, 2.05) is 72.8 Å². The van der Waals surface area contributed by atoms with Crippen LogP contribution in [0.3, 0.4) is 0 Å². The largest absolute Gasteiger partial charge is 0.311 e. The number of hydrogen-bond donors (Lipinski definition) is 0. The fourth-order valence-electron chi connectivity index (χ4n) is 2.40. The molecule has 22 heavy (non-hydrogen) atoms. The van der Waals surface area contributed by atoms with Crippen molar-refractivity contribution >= 4 is 11.6 Å². The quantitative estimate of drug-likeness (QED) is 0.687. The summed E-state index contributed by atoms with van der Waals surface area (Å²) in [7, 11) is 1.80. The first-order valence-electron chi connectivity index (χ1n) is 7.24. The van der Waals surface area contributed by atoms with Gasteiger partial charge in [0.1, 0.15) is 0 Å². The van der Waals surface area contributed by atoms with Crippen LogP contribution in [-0.4, -0.2) is 13.0 Å². The van der Waals surface area contributed by atoms with Gasteiger partial charge in [0.25, 0.3) is 5.91 Å². The lowest BCUT2D eigenvalue weighted by Crippen LogP contribution is -2.25. The van der Waals surface area contributed by atoms with Gasteiger partial charge < -0.3 is 4.90 Å². The van der Waals surface area contributed by atoms with Gasteiger partial charge in [0.15, 0.2) is 0 Å². The highest BCUT2D eigenvalue weighted by Crippen LogP contribution is 2.23. The van der Waals surface area contributed by atoms with E-state index in [-0.39, 0.29) is 5.91 Å². The zero-order valence-electron chi connectivity index (χ0n) is 12.4. The molecule has 0 heterocycles. The minimum absolute atomic E-state index is 0.00642. The van der Waals surface area contributed by atoms with E-state index in [9.17, 15) is 4.79 Å². The molecule has 3 rings (SSSR count). The predicted octanol–water partition coefficient (Wildman–Crippen LogP) is 4.63. The molecule has 0 spiro atoms. The zero-order chi connectivity index (χ0) is 15.4. The molecule has 2 heteroatoms. The molecule has 0 fully saturated rings. The lowest BCUT2D eigenvalue weighted by Gasteiger charge is -2.18. The summed E-state index contributed by atoms with van der Waals surface area (Å²) in [5, 5.41) is 0. The molecule has 0 bridgehead atoms. The second-order valence-electron chi connectivity index (χ2n) is 5.14. The first-order valence-corrected chi connectivity index (χ1v) is 7.24. The Balaban J connectivity index is 1.82. The van der Waals surface area contributed by atoms with Crippen molar-refractivity contribution in [2.75, 3.05) is 11.9 Å². The van der Waals surface area contributed by atoms with Crippen LogP contribution < -0.4 is 4.90 Å². The third-order valence-electron chi connectivity index (χ3n) is 3.69. The second-order valence-corrected chi connectivity index (χ2v) is 5.14. The van der Waals surface area contributed by atoms with Crippen LogP contribution in [0.2, 0.25) is 0 Å². The summed E-state index contributed by atoms with van der Waals surface area (Å²) in [6.07, 6.45) is 0. The number of amides is 1. The molecular weight excluding hydrogens is 270 g/mol. The van der Waals surface area contributed by atoms with Crippen LogP contribution in [0.4, 0.5) is 5.69 Å². The number of carbonyl (C=O) groups excluding carboxylic acids is 1. The van der Waals surface area contributed by atoms with Gasteiger partial charge in [-0.15, -0.1) is 0 Å². The predicted molar refractivity (Wildman–Crippen MR) is 91.1 cm³/mol. The Morgan fingerprint density at radius 2 is 1.18 bits per heavy atom. The molecule has 0 aliphatic rings. The van der Waals surface area contributed by atoms with Crippen molar-refractivity contribution in [2.24, 2.45) is 0 Å². The summed E-state index contributed by atoms with van der Waals surface area (Å²) in [5.41, 5.74) is 3.89. The Bertz CT molecular complexity index is 749. The van der Waals surface area contributed by atoms with E-state index in [1.54, 1.807) is 11.9 Å². The number of benzene rings is 3. The van der Waals surface area contributed by atoms with E-state index < -0.39 is 0 Å². The number of anilines is 1. The molecule has 1 amide bonds. The van der Waals surface area contributed by atoms with Crippen LogP contribution in [-0.2, 0) is 0 Å². The van der Waals surface area contributed by atoms with Gasteiger partial charge in [-0.3, -0.25) is 4.79 Å². The number of rotatable bonds is 3. The molecule has 0 aromatic heterocycles. The maximum atomic E-state index is 12.4. The highest BCUT2D eigenvalue weighted by molar-refractivity contribution is 6.05. The monoisotopic (exact) mass is 287 g/mol. The SMILES string of the molecule is CN(C(=O)c1ccccc1)c1ccc(-c2ccccc2)cc1. The van der Waals surface area contributed by atoms with Crippen molar-refractivity contribution in [1.29, 1.82) is 0 Å². The standard InChI is InChI=1S/C20H17NO/c1-21(20(22)18-10-6-3-7-11-18)19-14-12-17(13-15-19)16-8-4-2-5-9-16/h2-15H,1H3. The fraction of sp³-hybridized carbons (Fsp3) is 0.0500. The minimum Gasteiger partial charge on any atom is -0.311 e. The van der Waals surface area contributed by atoms with Gasteiger partial charge >= 0.3 is 0 Å². The van der Waals surface area contributed by atoms with Gasteiger partial charge in [-0.1, -0.05) is 60.7 Å². The van der Waals surface area contributed by atoms with Gasteiger partial charge in [-0.25, -0.2) is 0 Å². The molecular formula is C20H17NO. The third-order valence-corrected chi connectivity index (χ3v) is 3.69. The van der Waals surface area contributed by atoms with E-state index in [4.69, 9.17) is 0 Å². The highest BCUT2D eigenvalue weighted by atomic mass is 16.2. The van der Waals surface area contributed by atoms with Crippen molar-refractivity contribution in [2.45, 2.75) is 0 Å².